The van der Waals surface area contributed by atoms with E-state index in [0.29, 0.717) is 0 Å². The summed E-state index contributed by atoms with van der Waals surface area (Å²) in [6.45, 7) is 0. The van der Waals surface area contributed by atoms with Gasteiger partial charge in [0.2, 0.25) is 0 Å². The van der Waals surface area contributed by atoms with Crippen LogP contribution in [0.25, 0.3) is 0 Å². The van der Waals surface area contributed by atoms with Crippen LogP contribution in [0.1, 0.15) is 0 Å². The van der Waals surface area contributed by atoms with Gasteiger partial charge in [-0.25, -0.2) is 0 Å². The minimum Gasteiger partial charge on any atom is -0.907 e. The zero-order valence-corrected chi connectivity index (χ0v) is 11.1. The average Bonchev–Trinajstić information content (AvgIpc) is 1.25. The molecule has 0 rings (SSSR count). The second-order valence-electron chi connectivity index (χ2n) is 0.635. The summed E-state index contributed by atoms with van der Waals surface area (Å²) < 4.78 is 0. The molecule has 0 unspecified atom stereocenters. The van der Waals surface area contributed by atoms with Crippen molar-refractivity contribution in [1.82, 2.24) is 0 Å². The molecule has 0 aromatic rings. The van der Waals surface area contributed by atoms with E-state index in [0.717, 1.165) is 0 Å². The summed E-state index contributed by atoms with van der Waals surface area (Å²) >= 11 is 0. The van der Waals surface area contributed by atoms with Gasteiger partial charge in [0.05, 0.1) is 0 Å². The molecule has 0 atom stereocenters. The fourth-order valence-corrected chi connectivity index (χ4v) is 0. The predicted octanol–water partition coefficient (Wildman–Crippen LogP) is -9.38. The third-order valence-corrected chi connectivity index (χ3v) is 0. The Morgan fingerprint density at radius 1 is 0.900 bits per heavy atom. The third-order valence-electron chi connectivity index (χ3n) is 0. The van der Waals surface area contributed by atoms with Crippen LogP contribution < -0.4 is 44.6 Å². The van der Waals surface area contributed by atoms with Crippen LogP contribution in [0.15, 0.2) is 0 Å². The number of hydrogen-bond acceptors (Lipinski definition) is 6. The molecular weight excluding hydrogens is 348 g/mol. The molecule has 0 bridgehead atoms. The van der Waals surface area contributed by atoms with Crippen molar-refractivity contribution >= 4 is 41.9 Å². The Bertz CT molecular complexity index is 31.2. The van der Waals surface area contributed by atoms with Crippen LogP contribution >= 0.6 is 0 Å². The van der Waals surface area contributed by atoms with Gasteiger partial charge in [0.15, 0.2) is 0 Å². The van der Waals surface area contributed by atoms with Gasteiger partial charge >= 0.3 is 64.2 Å². The van der Waals surface area contributed by atoms with Crippen molar-refractivity contribution in [2.24, 2.45) is 0 Å². The molecule has 0 heterocycles. The Morgan fingerprint density at radius 2 is 0.900 bits per heavy atom. The van der Waals surface area contributed by atoms with Crippen LogP contribution in [0.3, 0.4) is 0 Å². The summed E-state index contributed by atoms with van der Waals surface area (Å²) in [4.78, 5) is 0. The molecule has 0 aliphatic rings. The van der Waals surface area contributed by atoms with Crippen molar-refractivity contribution in [3.63, 3.8) is 0 Å². The fraction of sp³-hybridized carbons (Fsp3) is 0. The minimum absolute atomic E-state index is 0. The summed E-state index contributed by atoms with van der Waals surface area (Å²) in [5.41, 5.74) is 0. The summed E-state index contributed by atoms with van der Waals surface area (Å²) in [6, 6.07) is 0. The van der Waals surface area contributed by atoms with Gasteiger partial charge in [-0.1, -0.05) is 0 Å². The van der Waals surface area contributed by atoms with Crippen LogP contribution in [-0.4, -0.2) is 57.0 Å². The summed E-state index contributed by atoms with van der Waals surface area (Å²) in [5.74, 6) is 0. The maximum atomic E-state index is 8.42. The molecule has 2 radical (unpaired) electrons. The Kier molecular flexibility index (Phi) is 38.6. The van der Waals surface area contributed by atoms with E-state index in [1.54, 1.807) is 0 Å². The molecule has 0 amide bonds. The molecule has 3 N–H and O–H groups in total. The monoisotopic (exact) mass is 352 g/mol. The minimum atomic E-state index is -2.92. The number of hydrogen-bond donors (Lipinski definition) is 3. The second kappa shape index (κ2) is 17.1. The van der Waals surface area contributed by atoms with E-state index >= 15 is 0 Å². The smallest absolute Gasteiger partial charge is 0.907 e. The van der Waals surface area contributed by atoms with E-state index in [4.69, 9.17) is 30.1 Å². The summed E-state index contributed by atoms with van der Waals surface area (Å²) in [6.07, 6.45) is 0. The molecule has 10 heavy (non-hydrogen) atoms. The second-order valence-corrected chi connectivity index (χ2v) is 0.635. The van der Waals surface area contributed by atoms with Gasteiger partial charge in [-0.3, -0.25) is 7.32 Å². The van der Waals surface area contributed by atoms with Crippen LogP contribution in [-0.2, 0) is 0 Å². The first-order valence-electron chi connectivity index (χ1n) is 1.48. The van der Waals surface area contributed by atoms with E-state index in [9.17, 15) is 0 Å². The third kappa shape index (κ3) is 232. The molecule has 0 saturated heterocycles. The van der Waals surface area contributed by atoms with E-state index in [1.807, 2.05) is 0 Å². The summed E-state index contributed by atoms with van der Waals surface area (Å²) in [5, 5.41) is 46.7. The molecule has 0 aliphatic carbocycles. The molecule has 0 aliphatic heterocycles. The van der Waals surface area contributed by atoms with Gasteiger partial charge in [0.25, 0.3) is 0 Å². The first kappa shape index (κ1) is 22.6. The van der Waals surface area contributed by atoms with Gasteiger partial charge in [0, 0.05) is 0 Å². The van der Waals surface area contributed by atoms with Crippen LogP contribution in [0.4, 0.5) is 0 Å². The van der Waals surface area contributed by atoms with Crippen LogP contribution in [0, 0.1) is 0 Å². The fourth-order valence-electron chi connectivity index (χ4n) is 0. The summed E-state index contributed by atoms with van der Waals surface area (Å²) in [7, 11) is -5.08. The van der Waals surface area contributed by atoms with E-state index in [-0.39, 0.29) is 56.9 Å². The maximum Gasteiger partial charge on any atom is 2.00 e. The molecular formula is H3B2NaO6Pb. The van der Waals surface area contributed by atoms with Crippen molar-refractivity contribution in [1.29, 1.82) is 0 Å². The van der Waals surface area contributed by atoms with Gasteiger partial charge < -0.3 is 30.1 Å². The Morgan fingerprint density at radius 3 is 0.900 bits per heavy atom. The van der Waals surface area contributed by atoms with Crippen molar-refractivity contribution in [3.05, 3.63) is 0 Å². The Hall–Kier alpha value is 1.81. The predicted molar refractivity (Wildman–Crippen MR) is 23.9 cm³/mol. The zero-order valence-electron chi connectivity index (χ0n) is 5.22. The van der Waals surface area contributed by atoms with Crippen molar-refractivity contribution < 1.29 is 59.7 Å². The van der Waals surface area contributed by atoms with Crippen molar-refractivity contribution in [2.75, 3.05) is 0 Å². The zero-order chi connectivity index (χ0) is 7.15. The SMILES string of the molecule is OB(O)O.[Na+].[O-]B([O-])[O-].[Pb+2]. The normalized spacial score (nSPS) is 5.40. The molecule has 6 nitrogen and oxygen atoms in total. The number of rotatable bonds is 0. The molecule has 0 fully saturated rings. The first-order chi connectivity index (χ1) is 3.46. The molecule has 10 heteroatoms. The molecule has 50 valence electrons. The van der Waals surface area contributed by atoms with Gasteiger partial charge in [-0.15, -0.1) is 0 Å². The molecule has 0 aromatic carbocycles. The van der Waals surface area contributed by atoms with Crippen molar-refractivity contribution in [3.8, 4) is 0 Å². The van der Waals surface area contributed by atoms with E-state index in [2.05, 4.69) is 0 Å². The molecule has 0 saturated carbocycles. The Labute approximate surface area is 101 Å². The van der Waals surface area contributed by atoms with Gasteiger partial charge in [-0.2, -0.15) is 0 Å². The van der Waals surface area contributed by atoms with Gasteiger partial charge in [0.1, 0.15) is 0 Å². The maximum absolute atomic E-state index is 8.42. The Balaban J connectivity index is -0.0000000300. The first-order valence-corrected chi connectivity index (χ1v) is 1.48. The molecule has 0 aromatic heterocycles. The average molecular weight is 351 g/mol. The van der Waals surface area contributed by atoms with Crippen molar-refractivity contribution in [2.45, 2.75) is 0 Å². The largest absolute Gasteiger partial charge is 2.00 e. The topological polar surface area (TPSA) is 130 Å². The standard InChI is InChI=1S/BH3O3.BO3.Na.Pb/c2*2-1(3)4;;/h2-4H;;;/q;-3;+1;+2. The quantitative estimate of drug-likeness (QED) is 0.372. The van der Waals surface area contributed by atoms with E-state index < -0.39 is 14.6 Å². The van der Waals surface area contributed by atoms with Crippen LogP contribution in [0.5, 0.6) is 0 Å². The van der Waals surface area contributed by atoms with Crippen LogP contribution in [0.2, 0.25) is 0 Å². The van der Waals surface area contributed by atoms with E-state index in [1.165, 1.54) is 0 Å². The molecule has 0 spiro atoms. The van der Waals surface area contributed by atoms with Gasteiger partial charge in [-0.05, 0) is 0 Å².